The Balaban J connectivity index is 2.80. The summed E-state index contributed by atoms with van der Waals surface area (Å²) in [5.74, 6) is 1.42. The van der Waals surface area contributed by atoms with E-state index in [9.17, 15) is 0 Å². The van der Waals surface area contributed by atoms with Crippen LogP contribution in [0.4, 0.5) is 0 Å². The number of nitrogen functional groups attached to an aromatic ring is 1. The third-order valence-corrected chi connectivity index (χ3v) is 2.44. The van der Waals surface area contributed by atoms with Gasteiger partial charge in [0.05, 0.1) is 12.2 Å². The van der Waals surface area contributed by atoms with Crippen molar-refractivity contribution in [2.24, 2.45) is 11.7 Å². The molecule has 3 nitrogen and oxygen atoms in total. The number of hydrogen-bond acceptors (Lipinski definition) is 2. The van der Waals surface area contributed by atoms with Gasteiger partial charge in [-0.3, -0.25) is 5.41 Å². The Morgan fingerprint density at radius 3 is 2.69 bits per heavy atom. The number of ether oxygens (including phenoxy) is 1. The van der Waals surface area contributed by atoms with Crippen molar-refractivity contribution in [2.45, 2.75) is 27.2 Å². The number of amidine groups is 1. The molecule has 0 unspecified atom stereocenters. The molecule has 0 aliphatic rings. The zero-order valence-electron chi connectivity index (χ0n) is 10.2. The van der Waals surface area contributed by atoms with Crippen LogP contribution in [0.3, 0.4) is 0 Å². The van der Waals surface area contributed by atoms with E-state index in [4.69, 9.17) is 15.9 Å². The van der Waals surface area contributed by atoms with Crippen LogP contribution in [-0.4, -0.2) is 12.4 Å². The lowest BCUT2D eigenvalue weighted by atomic mass is 10.1. The second-order valence-corrected chi connectivity index (χ2v) is 4.40. The van der Waals surface area contributed by atoms with Gasteiger partial charge in [0.1, 0.15) is 11.6 Å². The molecule has 0 atom stereocenters. The summed E-state index contributed by atoms with van der Waals surface area (Å²) in [6.07, 6.45) is 1.01. The molecule has 0 saturated carbocycles. The number of nitrogens with two attached hydrogens (primary N) is 1. The first-order chi connectivity index (χ1) is 7.52. The predicted octanol–water partition coefficient (Wildman–Crippen LogP) is 2.70. The molecular weight excluding hydrogens is 200 g/mol. The van der Waals surface area contributed by atoms with Gasteiger partial charge in [-0.15, -0.1) is 0 Å². The first kappa shape index (κ1) is 12.6. The van der Waals surface area contributed by atoms with Crippen molar-refractivity contribution in [3.63, 3.8) is 0 Å². The Morgan fingerprint density at radius 1 is 1.44 bits per heavy atom. The maximum absolute atomic E-state index is 7.49. The van der Waals surface area contributed by atoms with Crippen molar-refractivity contribution in [3.8, 4) is 5.75 Å². The van der Waals surface area contributed by atoms with E-state index in [1.165, 1.54) is 0 Å². The van der Waals surface area contributed by atoms with Gasteiger partial charge in [-0.05, 0) is 30.9 Å². The molecule has 1 aromatic carbocycles. The third-order valence-electron chi connectivity index (χ3n) is 2.44. The minimum atomic E-state index is 0.0586. The normalized spacial score (nSPS) is 10.5. The summed E-state index contributed by atoms with van der Waals surface area (Å²) in [5, 5.41) is 7.49. The van der Waals surface area contributed by atoms with Crippen LogP contribution in [0, 0.1) is 18.3 Å². The van der Waals surface area contributed by atoms with Crippen molar-refractivity contribution in [3.05, 3.63) is 29.3 Å². The van der Waals surface area contributed by atoms with Gasteiger partial charge >= 0.3 is 0 Å². The molecule has 0 fully saturated rings. The number of aryl methyl sites for hydroxylation is 1. The molecule has 0 radical (unpaired) electrons. The molecule has 0 aliphatic carbocycles. The van der Waals surface area contributed by atoms with Crippen LogP contribution >= 0.6 is 0 Å². The zero-order chi connectivity index (χ0) is 12.1. The van der Waals surface area contributed by atoms with Gasteiger partial charge in [0, 0.05) is 0 Å². The number of rotatable bonds is 5. The quantitative estimate of drug-likeness (QED) is 0.592. The van der Waals surface area contributed by atoms with Crippen LogP contribution in [0.25, 0.3) is 0 Å². The summed E-state index contributed by atoms with van der Waals surface area (Å²) in [6.45, 7) is 6.96. The van der Waals surface area contributed by atoms with E-state index >= 15 is 0 Å². The van der Waals surface area contributed by atoms with E-state index in [1.807, 2.05) is 25.1 Å². The van der Waals surface area contributed by atoms with Gasteiger partial charge in [0.25, 0.3) is 0 Å². The lowest BCUT2D eigenvalue weighted by molar-refractivity contribution is 0.287. The van der Waals surface area contributed by atoms with Crippen LogP contribution < -0.4 is 10.5 Å². The number of hydrogen-bond donors (Lipinski definition) is 2. The smallest absolute Gasteiger partial charge is 0.133 e. The van der Waals surface area contributed by atoms with Crippen LogP contribution in [0.5, 0.6) is 5.75 Å². The lowest BCUT2D eigenvalue weighted by Gasteiger charge is -2.14. The summed E-state index contributed by atoms with van der Waals surface area (Å²) in [5.41, 5.74) is 7.23. The molecule has 88 valence electrons. The summed E-state index contributed by atoms with van der Waals surface area (Å²) in [7, 11) is 0. The van der Waals surface area contributed by atoms with Gasteiger partial charge < -0.3 is 10.5 Å². The monoisotopic (exact) mass is 220 g/mol. The van der Waals surface area contributed by atoms with Gasteiger partial charge in [-0.25, -0.2) is 0 Å². The van der Waals surface area contributed by atoms with E-state index in [0.29, 0.717) is 18.1 Å². The summed E-state index contributed by atoms with van der Waals surface area (Å²) >= 11 is 0. The van der Waals surface area contributed by atoms with Gasteiger partial charge in [0.2, 0.25) is 0 Å². The fraction of sp³-hybridized carbons (Fsp3) is 0.462. The average molecular weight is 220 g/mol. The van der Waals surface area contributed by atoms with Gasteiger partial charge in [-0.1, -0.05) is 26.0 Å². The molecule has 0 spiro atoms. The van der Waals surface area contributed by atoms with E-state index < -0.39 is 0 Å². The van der Waals surface area contributed by atoms with Crippen LogP contribution in [-0.2, 0) is 0 Å². The third kappa shape index (κ3) is 3.26. The number of benzene rings is 1. The van der Waals surface area contributed by atoms with Gasteiger partial charge in [-0.2, -0.15) is 0 Å². The molecule has 16 heavy (non-hydrogen) atoms. The molecule has 0 heterocycles. The molecule has 1 aromatic rings. The Kier molecular flexibility index (Phi) is 4.35. The standard InChI is InChI=1S/C13H20N2O/c1-9(2)7-8-16-12-10(3)5-4-6-11(12)13(14)15/h4-6,9H,7-8H2,1-3H3,(H3,14,15). The molecule has 0 aromatic heterocycles. The SMILES string of the molecule is Cc1cccc(C(=N)N)c1OCCC(C)C. The first-order valence-electron chi connectivity index (χ1n) is 5.59. The van der Waals surface area contributed by atoms with Crippen LogP contribution in [0.2, 0.25) is 0 Å². The van der Waals surface area contributed by atoms with Crippen LogP contribution in [0.1, 0.15) is 31.4 Å². The maximum Gasteiger partial charge on any atom is 0.133 e. The number of para-hydroxylation sites is 1. The van der Waals surface area contributed by atoms with Crippen molar-refractivity contribution >= 4 is 5.84 Å². The van der Waals surface area contributed by atoms with Crippen molar-refractivity contribution in [1.82, 2.24) is 0 Å². The highest BCUT2D eigenvalue weighted by molar-refractivity contribution is 5.98. The van der Waals surface area contributed by atoms with Gasteiger partial charge in [0.15, 0.2) is 0 Å². The van der Waals surface area contributed by atoms with Crippen molar-refractivity contribution < 1.29 is 4.74 Å². The summed E-state index contributed by atoms with van der Waals surface area (Å²) in [4.78, 5) is 0. The molecule has 0 bridgehead atoms. The molecule has 1 rings (SSSR count). The molecule has 3 heteroatoms. The van der Waals surface area contributed by atoms with E-state index in [1.54, 1.807) is 0 Å². The molecule has 0 amide bonds. The minimum absolute atomic E-state index is 0.0586. The van der Waals surface area contributed by atoms with Crippen molar-refractivity contribution in [2.75, 3.05) is 6.61 Å². The second kappa shape index (κ2) is 5.54. The highest BCUT2D eigenvalue weighted by Gasteiger charge is 2.09. The first-order valence-corrected chi connectivity index (χ1v) is 5.59. The predicted molar refractivity (Wildman–Crippen MR) is 67.1 cm³/mol. The Hall–Kier alpha value is -1.51. The molecule has 0 saturated heterocycles. The second-order valence-electron chi connectivity index (χ2n) is 4.40. The Morgan fingerprint density at radius 2 is 2.12 bits per heavy atom. The van der Waals surface area contributed by atoms with Crippen LogP contribution in [0.15, 0.2) is 18.2 Å². The fourth-order valence-electron chi connectivity index (χ4n) is 1.45. The zero-order valence-corrected chi connectivity index (χ0v) is 10.2. The Labute approximate surface area is 97.1 Å². The van der Waals surface area contributed by atoms with E-state index in [2.05, 4.69) is 13.8 Å². The largest absolute Gasteiger partial charge is 0.493 e. The Bertz CT molecular complexity index is 372. The fourth-order valence-corrected chi connectivity index (χ4v) is 1.45. The van der Waals surface area contributed by atoms with E-state index in [-0.39, 0.29) is 5.84 Å². The average Bonchev–Trinajstić information content (AvgIpc) is 2.19. The minimum Gasteiger partial charge on any atom is -0.493 e. The molecule has 3 N–H and O–H groups in total. The summed E-state index contributed by atoms with van der Waals surface area (Å²) in [6, 6.07) is 5.68. The summed E-state index contributed by atoms with van der Waals surface area (Å²) < 4.78 is 5.72. The van der Waals surface area contributed by atoms with E-state index in [0.717, 1.165) is 17.7 Å². The highest BCUT2D eigenvalue weighted by atomic mass is 16.5. The molecular formula is C13H20N2O. The molecule has 0 aliphatic heterocycles. The van der Waals surface area contributed by atoms with Crippen molar-refractivity contribution in [1.29, 1.82) is 5.41 Å². The lowest BCUT2D eigenvalue weighted by Crippen LogP contribution is -2.14. The maximum atomic E-state index is 7.49. The number of nitrogens with one attached hydrogen (secondary N) is 1. The topological polar surface area (TPSA) is 59.1 Å². The highest BCUT2D eigenvalue weighted by Crippen LogP contribution is 2.23.